The first-order valence-electron chi connectivity index (χ1n) is 5.00. The van der Waals surface area contributed by atoms with Gasteiger partial charge < -0.3 is 9.47 Å². The van der Waals surface area contributed by atoms with Crippen molar-refractivity contribution in [2.24, 2.45) is 5.92 Å². The van der Waals surface area contributed by atoms with Crippen LogP contribution < -0.4 is 0 Å². The van der Waals surface area contributed by atoms with Crippen LogP contribution in [0.25, 0.3) is 0 Å². The maximum Gasteiger partial charge on any atom is 0.168 e. The Morgan fingerprint density at radius 1 is 1.25 bits per heavy atom. The molecule has 0 spiro atoms. The van der Waals surface area contributed by atoms with E-state index in [1.165, 1.54) is 0 Å². The van der Waals surface area contributed by atoms with Gasteiger partial charge in [0, 0.05) is 12.3 Å². The summed E-state index contributed by atoms with van der Waals surface area (Å²) in [4.78, 5) is 0. The monoisotopic (exact) mass is 172 g/mol. The van der Waals surface area contributed by atoms with Crippen molar-refractivity contribution in [2.45, 2.75) is 45.8 Å². The average molecular weight is 172 g/mol. The quantitative estimate of drug-likeness (QED) is 0.651. The first-order valence-corrected chi connectivity index (χ1v) is 5.00. The Kier molecular flexibility index (Phi) is 3.53. The lowest BCUT2D eigenvalue weighted by atomic mass is 10.1. The Balaban J connectivity index is 2.45. The van der Waals surface area contributed by atoms with Crippen molar-refractivity contribution in [1.29, 1.82) is 0 Å². The summed E-state index contributed by atoms with van der Waals surface area (Å²) in [6.07, 6.45) is 3.12. The lowest BCUT2D eigenvalue weighted by Gasteiger charge is -2.38. The maximum absolute atomic E-state index is 5.75. The SMILES string of the molecule is CCCC1(CC)OCC(C)CO1. The highest BCUT2D eigenvalue weighted by Gasteiger charge is 2.33. The molecule has 0 aromatic rings. The summed E-state index contributed by atoms with van der Waals surface area (Å²) < 4.78 is 11.5. The molecular weight excluding hydrogens is 152 g/mol. The Morgan fingerprint density at radius 2 is 1.83 bits per heavy atom. The van der Waals surface area contributed by atoms with E-state index in [0.29, 0.717) is 5.92 Å². The molecule has 0 unspecified atom stereocenters. The van der Waals surface area contributed by atoms with E-state index in [2.05, 4.69) is 20.8 Å². The van der Waals surface area contributed by atoms with Crippen LogP contribution in [0.1, 0.15) is 40.0 Å². The molecule has 0 aromatic carbocycles. The van der Waals surface area contributed by atoms with Gasteiger partial charge in [-0.3, -0.25) is 0 Å². The molecule has 0 saturated carbocycles. The van der Waals surface area contributed by atoms with Crippen molar-refractivity contribution >= 4 is 0 Å². The van der Waals surface area contributed by atoms with Crippen molar-refractivity contribution in [2.75, 3.05) is 13.2 Å². The van der Waals surface area contributed by atoms with Gasteiger partial charge in [-0.1, -0.05) is 27.2 Å². The van der Waals surface area contributed by atoms with Gasteiger partial charge in [-0.15, -0.1) is 0 Å². The number of hydrogen-bond donors (Lipinski definition) is 0. The second kappa shape index (κ2) is 4.24. The fourth-order valence-corrected chi connectivity index (χ4v) is 1.58. The Bertz CT molecular complexity index is 126. The van der Waals surface area contributed by atoms with E-state index in [4.69, 9.17) is 9.47 Å². The molecule has 2 nitrogen and oxygen atoms in total. The number of ether oxygens (including phenoxy) is 2. The number of rotatable bonds is 3. The van der Waals surface area contributed by atoms with E-state index in [9.17, 15) is 0 Å². The van der Waals surface area contributed by atoms with Crippen LogP contribution in [0.4, 0.5) is 0 Å². The fourth-order valence-electron chi connectivity index (χ4n) is 1.58. The van der Waals surface area contributed by atoms with Crippen LogP contribution in [0.5, 0.6) is 0 Å². The van der Waals surface area contributed by atoms with Gasteiger partial charge in [-0.2, -0.15) is 0 Å². The van der Waals surface area contributed by atoms with Crippen LogP contribution in [0, 0.1) is 5.92 Å². The molecule has 12 heavy (non-hydrogen) atoms. The topological polar surface area (TPSA) is 18.5 Å². The molecule has 0 aliphatic carbocycles. The second-order valence-electron chi connectivity index (χ2n) is 3.74. The largest absolute Gasteiger partial charge is 0.350 e. The van der Waals surface area contributed by atoms with Gasteiger partial charge in [0.15, 0.2) is 5.79 Å². The zero-order chi connectivity index (χ0) is 9.03. The van der Waals surface area contributed by atoms with E-state index in [1.54, 1.807) is 0 Å². The molecule has 1 rings (SSSR count). The van der Waals surface area contributed by atoms with Crippen LogP contribution in [-0.2, 0) is 9.47 Å². The van der Waals surface area contributed by atoms with Gasteiger partial charge >= 0.3 is 0 Å². The molecular formula is C10H20O2. The molecule has 0 bridgehead atoms. The highest BCUT2D eigenvalue weighted by molar-refractivity contribution is 4.72. The van der Waals surface area contributed by atoms with Gasteiger partial charge in [0.2, 0.25) is 0 Å². The summed E-state index contributed by atoms with van der Waals surface area (Å²) in [7, 11) is 0. The minimum absolute atomic E-state index is 0.249. The zero-order valence-corrected chi connectivity index (χ0v) is 8.43. The lowest BCUT2D eigenvalue weighted by molar-refractivity contribution is -0.285. The van der Waals surface area contributed by atoms with E-state index in [1.807, 2.05) is 0 Å². The van der Waals surface area contributed by atoms with Crippen LogP contribution in [0.3, 0.4) is 0 Å². The lowest BCUT2D eigenvalue weighted by Crippen LogP contribution is -2.42. The Morgan fingerprint density at radius 3 is 2.25 bits per heavy atom. The summed E-state index contributed by atoms with van der Waals surface area (Å²) in [5.41, 5.74) is 0. The first-order chi connectivity index (χ1) is 5.72. The molecule has 1 heterocycles. The van der Waals surface area contributed by atoms with Crippen molar-refractivity contribution in [1.82, 2.24) is 0 Å². The Labute approximate surface area is 75.2 Å². The maximum atomic E-state index is 5.75. The summed E-state index contributed by atoms with van der Waals surface area (Å²) in [5.74, 6) is 0.308. The van der Waals surface area contributed by atoms with Crippen LogP contribution in [0.15, 0.2) is 0 Å². The predicted molar refractivity (Wildman–Crippen MR) is 49.0 cm³/mol. The Hall–Kier alpha value is -0.0800. The summed E-state index contributed by atoms with van der Waals surface area (Å²) >= 11 is 0. The average Bonchev–Trinajstić information content (AvgIpc) is 2.10. The standard InChI is InChI=1S/C10H20O2/c1-4-6-10(5-2)11-7-9(3)8-12-10/h9H,4-8H2,1-3H3. The van der Waals surface area contributed by atoms with E-state index < -0.39 is 0 Å². The predicted octanol–water partition coefficient (Wildman–Crippen LogP) is 2.58. The third-order valence-corrected chi connectivity index (χ3v) is 2.43. The first kappa shape index (κ1) is 10.0. The van der Waals surface area contributed by atoms with Gasteiger partial charge in [-0.05, 0) is 6.42 Å². The van der Waals surface area contributed by atoms with Crippen LogP contribution >= 0.6 is 0 Å². The molecule has 72 valence electrons. The molecule has 1 saturated heterocycles. The van der Waals surface area contributed by atoms with Crippen molar-refractivity contribution < 1.29 is 9.47 Å². The molecule has 0 amide bonds. The third kappa shape index (κ3) is 2.20. The van der Waals surface area contributed by atoms with Crippen LogP contribution in [-0.4, -0.2) is 19.0 Å². The van der Waals surface area contributed by atoms with Gasteiger partial charge in [-0.25, -0.2) is 0 Å². The molecule has 0 radical (unpaired) electrons. The molecule has 2 heteroatoms. The highest BCUT2D eigenvalue weighted by atomic mass is 16.7. The summed E-state index contributed by atoms with van der Waals surface area (Å²) in [6.45, 7) is 8.17. The third-order valence-electron chi connectivity index (χ3n) is 2.43. The fraction of sp³-hybridized carbons (Fsp3) is 1.00. The molecule has 1 aliphatic heterocycles. The normalized spacial score (nSPS) is 36.8. The second-order valence-corrected chi connectivity index (χ2v) is 3.74. The van der Waals surface area contributed by atoms with Gasteiger partial charge in [0.25, 0.3) is 0 Å². The van der Waals surface area contributed by atoms with Crippen molar-refractivity contribution in [3.05, 3.63) is 0 Å². The number of hydrogen-bond acceptors (Lipinski definition) is 2. The van der Waals surface area contributed by atoms with Crippen molar-refractivity contribution in [3.8, 4) is 0 Å². The molecule has 0 aromatic heterocycles. The molecule has 0 atom stereocenters. The summed E-state index contributed by atoms with van der Waals surface area (Å²) in [5, 5.41) is 0. The highest BCUT2D eigenvalue weighted by Crippen LogP contribution is 2.29. The summed E-state index contributed by atoms with van der Waals surface area (Å²) in [6, 6.07) is 0. The molecule has 0 N–H and O–H groups in total. The zero-order valence-electron chi connectivity index (χ0n) is 8.43. The van der Waals surface area contributed by atoms with Crippen LogP contribution in [0.2, 0.25) is 0 Å². The minimum atomic E-state index is -0.249. The minimum Gasteiger partial charge on any atom is -0.350 e. The smallest absolute Gasteiger partial charge is 0.168 e. The van der Waals surface area contributed by atoms with E-state index >= 15 is 0 Å². The van der Waals surface area contributed by atoms with Gasteiger partial charge in [0.05, 0.1) is 13.2 Å². The molecule has 1 aliphatic rings. The van der Waals surface area contributed by atoms with Crippen molar-refractivity contribution in [3.63, 3.8) is 0 Å². The van der Waals surface area contributed by atoms with Gasteiger partial charge in [0.1, 0.15) is 0 Å². The van der Waals surface area contributed by atoms with E-state index in [-0.39, 0.29) is 5.79 Å². The van der Waals surface area contributed by atoms with E-state index in [0.717, 1.165) is 32.5 Å². The molecule has 1 fully saturated rings.